The molecule has 0 aromatic rings. The molecule has 1 unspecified atom stereocenters. The molecule has 46 heavy (non-hydrogen) atoms. The van der Waals surface area contributed by atoms with E-state index in [9.17, 15) is 20.1 Å². The summed E-state index contributed by atoms with van der Waals surface area (Å²) < 4.78 is 48.5. The SMILES string of the molecule is CO[C@H]1C[C@H](O[C@@H]2CC3=CCC4C(=O)O[C@@H]5CO[C@]6(C)OC=C(CC[C@@H]4[C@@]3(C)C[C@H]2O)[C@H]56)O[C@H](C)[C@H]1O[C@H]1C[C@H](O)[C@H](O)[C@@H](C)O1. The van der Waals surface area contributed by atoms with Crippen LogP contribution >= 0.6 is 0 Å². The first-order chi connectivity index (χ1) is 21.9. The summed E-state index contributed by atoms with van der Waals surface area (Å²) in [5.74, 6) is -1.34. The molecule has 7 rings (SSSR count). The number of aliphatic hydroxyl groups is 3. The number of carbonyl (C=O) groups excluding carboxylic acids is 1. The summed E-state index contributed by atoms with van der Waals surface area (Å²) in [6, 6.07) is 0. The van der Waals surface area contributed by atoms with E-state index in [1.54, 1.807) is 20.3 Å². The Labute approximate surface area is 270 Å². The summed E-state index contributed by atoms with van der Waals surface area (Å²) in [4.78, 5) is 13.6. The van der Waals surface area contributed by atoms with Crippen molar-refractivity contribution in [1.29, 1.82) is 0 Å². The first-order valence-corrected chi connectivity index (χ1v) is 17.0. The third kappa shape index (κ3) is 5.65. The van der Waals surface area contributed by atoms with E-state index in [1.807, 2.05) is 13.8 Å². The molecule has 0 spiro atoms. The van der Waals surface area contributed by atoms with Gasteiger partial charge in [0.15, 0.2) is 12.6 Å². The van der Waals surface area contributed by atoms with Gasteiger partial charge in [-0.3, -0.25) is 4.79 Å². The van der Waals surface area contributed by atoms with Gasteiger partial charge >= 0.3 is 5.97 Å². The highest BCUT2D eigenvalue weighted by Gasteiger charge is 2.58. The smallest absolute Gasteiger partial charge is 0.309 e. The number of rotatable bonds is 5. The number of ether oxygens (including phenoxy) is 8. The molecule has 1 saturated carbocycles. The van der Waals surface area contributed by atoms with Crippen LogP contribution in [0.4, 0.5) is 0 Å². The van der Waals surface area contributed by atoms with Gasteiger partial charge in [0, 0.05) is 26.9 Å². The minimum absolute atomic E-state index is 0.00851. The zero-order chi connectivity index (χ0) is 32.5. The molecule has 4 saturated heterocycles. The maximum Gasteiger partial charge on any atom is 0.309 e. The molecule has 5 aliphatic heterocycles. The van der Waals surface area contributed by atoms with Crippen LogP contribution in [0.15, 0.2) is 23.5 Å². The summed E-state index contributed by atoms with van der Waals surface area (Å²) in [7, 11) is 1.61. The summed E-state index contributed by atoms with van der Waals surface area (Å²) in [5.41, 5.74) is 1.95. The molecule has 0 radical (unpaired) electrons. The van der Waals surface area contributed by atoms with Gasteiger partial charge < -0.3 is 53.2 Å². The van der Waals surface area contributed by atoms with Crippen molar-refractivity contribution >= 4 is 5.97 Å². The molecule has 7 aliphatic rings. The minimum Gasteiger partial charge on any atom is -0.469 e. The van der Waals surface area contributed by atoms with Gasteiger partial charge in [-0.1, -0.05) is 18.6 Å². The van der Waals surface area contributed by atoms with Crippen molar-refractivity contribution in [3.05, 3.63) is 23.5 Å². The second-order valence-electron chi connectivity index (χ2n) is 14.8. The van der Waals surface area contributed by atoms with E-state index in [2.05, 4.69) is 13.0 Å². The topological polar surface area (TPSA) is 152 Å². The fourth-order valence-corrected chi connectivity index (χ4v) is 9.38. The van der Waals surface area contributed by atoms with Crippen LogP contribution in [0.2, 0.25) is 0 Å². The van der Waals surface area contributed by atoms with Crippen molar-refractivity contribution < 1.29 is 58.0 Å². The molecule has 3 N–H and O–H groups in total. The van der Waals surface area contributed by atoms with Gasteiger partial charge in [0.2, 0.25) is 5.79 Å². The van der Waals surface area contributed by atoms with E-state index in [1.165, 1.54) is 5.57 Å². The summed E-state index contributed by atoms with van der Waals surface area (Å²) in [6.07, 6.45) is 1.04. The van der Waals surface area contributed by atoms with E-state index in [-0.39, 0.29) is 47.8 Å². The van der Waals surface area contributed by atoms with Crippen molar-refractivity contribution in [2.75, 3.05) is 13.7 Å². The maximum atomic E-state index is 13.6. The molecule has 5 heterocycles. The molecular formula is C34H50O12. The number of aliphatic hydroxyl groups excluding tert-OH is 3. The number of hydrogen-bond donors (Lipinski definition) is 3. The van der Waals surface area contributed by atoms with E-state index in [0.29, 0.717) is 32.3 Å². The van der Waals surface area contributed by atoms with Crippen molar-refractivity contribution in [2.24, 2.45) is 23.2 Å². The second kappa shape index (κ2) is 12.4. The maximum absolute atomic E-state index is 13.6. The van der Waals surface area contributed by atoms with Crippen LogP contribution in [0.25, 0.3) is 0 Å². The van der Waals surface area contributed by atoms with Crippen LogP contribution in [-0.4, -0.2) is 108 Å². The van der Waals surface area contributed by atoms with Gasteiger partial charge in [0.25, 0.3) is 0 Å². The fourth-order valence-electron chi connectivity index (χ4n) is 9.38. The molecule has 16 atom stereocenters. The number of hydrogen-bond acceptors (Lipinski definition) is 12. The Bertz CT molecular complexity index is 1210. The van der Waals surface area contributed by atoms with Gasteiger partial charge in [0.1, 0.15) is 18.3 Å². The Kier molecular flexibility index (Phi) is 8.85. The number of fused-ring (bicyclic) bond motifs is 3. The number of methoxy groups -OCH3 is 1. The standard InChI is InChI=1S/C34H50O12/c1-16-30(37)22(35)11-27(42-16)46-31-17(2)43-28(12-25(31)39-5)44-24-10-19-7-8-20-21(33(19,3)13-23(24)36)9-6-18-14-40-34(4)29(18)26(15-41-34)45-32(20)38/h7,14,16-17,20-31,35-37H,6,8-13,15H2,1-5H3/t16-,17-,20?,21+,22+,23-,24-,25+,26-,27+,28+,29-,30-,31-,33+,34+/m1/s1. The van der Waals surface area contributed by atoms with Crippen molar-refractivity contribution in [3.63, 3.8) is 0 Å². The Morgan fingerprint density at radius 2 is 1.74 bits per heavy atom. The van der Waals surface area contributed by atoms with E-state index in [0.717, 1.165) is 18.4 Å². The lowest BCUT2D eigenvalue weighted by molar-refractivity contribution is -0.321. The third-order valence-corrected chi connectivity index (χ3v) is 12.0. The lowest BCUT2D eigenvalue weighted by Crippen LogP contribution is -2.56. The number of allylic oxidation sites excluding steroid dienone is 1. The van der Waals surface area contributed by atoms with Crippen LogP contribution in [0.5, 0.6) is 0 Å². The van der Waals surface area contributed by atoms with Crippen LogP contribution in [0, 0.1) is 23.2 Å². The van der Waals surface area contributed by atoms with Crippen molar-refractivity contribution in [1.82, 2.24) is 0 Å². The predicted octanol–water partition coefficient (Wildman–Crippen LogP) is 2.47. The molecule has 0 aromatic carbocycles. The van der Waals surface area contributed by atoms with Gasteiger partial charge in [-0.25, -0.2) is 0 Å². The highest BCUT2D eigenvalue weighted by molar-refractivity contribution is 5.74. The minimum atomic E-state index is -0.962. The average Bonchev–Trinajstić information content (AvgIpc) is 3.52. The predicted molar refractivity (Wildman–Crippen MR) is 160 cm³/mol. The van der Waals surface area contributed by atoms with Crippen LogP contribution in [0.3, 0.4) is 0 Å². The van der Waals surface area contributed by atoms with E-state index in [4.69, 9.17) is 37.9 Å². The Hall–Kier alpha value is -1.61. The van der Waals surface area contributed by atoms with Gasteiger partial charge in [-0.2, -0.15) is 0 Å². The van der Waals surface area contributed by atoms with Gasteiger partial charge in [-0.15, -0.1) is 0 Å². The first-order valence-electron chi connectivity index (χ1n) is 17.0. The van der Waals surface area contributed by atoms with Crippen molar-refractivity contribution in [3.8, 4) is 0 Å². The summed E-state index contributed by atoms with van der Waals surface area (Å²) >= 11 is 0. The molecule has 258 valence electrons. The molecule has 12 heteroatoms. The van der Waals surface area contributed by atoms with Crippen LogP contribution < -0.4 is 0 Å². The van der Waals surface area contributed by atoms with Gasteiger partial charge in [-0.05, 0) is 62.9 Å². The largest absolute Gasteiger partial charge is 0.469 e. The third-order valence-electron chi connectivity index (χ3n) is 12.0. The average molecular weight is 651 g/mol. The lowest BCUT2D eigenvalue weighted by Gasteiger charge is -2.52. The summed E-state index contributed by atoms with van der Waals surface area (Å²) in [5, 5.41) is 31.8. The van der Waals surface area contributed by atoms with Crippen LogP contribution in [0.1, 0.15) is 72.6 Å². The number of carbonyl (C=O) groups is 1. The fraction of sp³-hybridized carbons (Fsp3) is 0.853. The molecular weight excluding hydrogens is 600 g/mol. The first kappa shape index (κ1) is 32.9. The normalized spacial score (nSPS) is 52.0. The van der Waals surface area contributed by atoms with E-state index < -0.39 is 61.1 Å². The Balaban J connectivity index is 1.01. The second-order valence-corrected chi connectivity index (χ2v) is 14.8. The van der Waals surface area contributed by atoms with E-state index >= 15 is 0 Å². The molecule has 0 aromatic heterocycles. The molecule has 12 nitrogen and oxygen atoms in total. The highest BCUT2D eigenvalue weighted by atomic mass is 16.7. The number of esters is 1. The van der Waals surface area contributed by atoms with Gasteiger partial charge in [0.05, 0.1) is 61.3 Å². The Morgan fingerprint density at radius 3 is 2.50 bits per heavy atom. The zero-order valence-corrected chi connectivity index (χ0v) is 27.4. The van der Waals surface area contributed by atoms with Crippen molar-refractivity contribution in [2.45, 2.75) is 146 Å². The highest BCUT2D eigenvalue weighted by Crippen LogP contribution is 2.57. The summed E-state index contributed by atoms with van der Waals surface area (Å²) in [6.45, 7) is 8.01. The van der Waals surface area contributed by atoms with Crippen LogP contribution in [-0.2, 0) is 42.7 Å². The molecule has 0 amide bonds. The quantitative estimate of drug-likeness (QED) is 0.296. The molecule has 0 bridgehead atoms. The Morgan fingerprint density at radius 1 is 0.978 bits per heavy atom. The lowest BCUT2D eigenvalue weighted by atomic mass is 9.55. The zero-order valence-electron chi connectivity index (χ0n) is 27.4. The molecule has 2 aliphatic carbocycles. The molecule has 5 fully saturated rings. The monoisotopic (exact) mass is 650 g/mol.